The van der Waals surface area contributed by atoms with Crippen molar-refractivity contribution < 1.29 is 9.59 Å². The largest absolute Gasteiger partial charge is 0.357 e. The molecule has 1 spiro atoms. The first-order valence-electron chi connectivity index (χ1n) is 7.32. The molecule has 2 aliphatic rings. The average molecular weight is 275 g/mol. The summed E-state index contributed by atoms with van der Waals surface area (Å²) in [5.41, 5.74) is 0.670. The normalized spacial score (nSPS) is 29.9. The first-order chi connectivity index (χ1) is 9.61. The second-order valence-corrected chi connectivity index (χ2v) is 6.01. The number of rotatable bonds is 2. The fourth-order valence-corrected chi connectivity index (χ4v) is 3.56. The molecular formula is C15H21N3O2. The molecule has 1 aliphatic heterocycles. The summed E-state index contributed by atoms with van der Waals surface area (Å²) in [7, 11) is 1.92. The van der Waals surface area contributed by atoms with Gasteiger partial charge in [-0.05, 0) is 44.2 Å². The molecule has 5 heteroatoms. The van der Waals surface area contributed by atoms with Crippen molar-refractivity contribution in [3.63, 3.8) is 0 Å². The highest BCUT2D eigenvalue weighted by Gasteiger charge is 2.45. The van der Waals surface area contributed by atoms with Gasteiger partial charge in [0.15, 0.2) is 0 Å². The van der Waals surface area contributed by atoms with Crippen LogP contribution in [0.2, 0.25) is 0 Å². The van der Waals surface area contributed by atoms with Crippen molar-refractivity contribution in [3.8, 4) is 0 Å². The summed E-state index contributed by atoms with van der Waals surface area (Å²) >= 11 is 0. The smallest absolute Gasteiger partial charge is 0.267 e. The summed E-state index contributed by atoms with van der Waals surface area (Å²) in [6.45, 7) is 0. The van der Waals surface area contributed by atoms with Crippen LogP contribution in [-0.4, -0.2) is 40.3 Å². The van der Waals surface area contributed by atoms with Gasteiger partial charge in [-0.3, -0.25) is 9.59 Å². The zero-order chi connectivity index (χ0) is 14.2. The first-order valence-corrected chi connectivity index (χ1v) is 7.32. The van der Waals surface area contributed by atoms with Crippen LogP contribution in [0.4, 0.5) is 0 Å². The number of nitrogens with one attached hydrogen (secondary N) is 2. The topological polar surface area (TPSA) is 65.2 Å². The van der Waals surface area contributed by atoms with E-state index in [-0.39, 0.29) is 23.4 Å². The number of aromatic nitrogens is 1. The van der Waals surface area contributed by atoms with Gasteiger partial charge in [0.25, 0.3) is 5.91 Å². The Morgan fingerprint density at radius 3 is 2.70 bits per heavy atom. The maximum absolute atomic E-state index is 12.0. The molecule has 2 N–H and O–H groups in total. The third kappa shape index (κ3) is 2.21. The zero-order valence-corrected chi connectivity index (χ0v) is 11.8. The molecule has 5 nitrogen and oxygen atoms in total. The van der Waals surface area contributed by atoms with Crippen molar-refractivity contribution in [2.75, 3.05) is 7.05 Å². The lowest BCUT2D eigenvalue weighted by Gasteiger charge is -2.42. The molecule has 2 heterocycles. The van der Waals surface area contributed by atoms with E-state index in [1.165, 1.54) is 0 Å². The Hall–Kier alpha value is -1.78. The highest BCUT2D eigenvalue weighted by Crippen LogP contribution is 2.41. The molecule has 1 aromatic rings. The minimum Gasteiger partial charge on any atom is -0.357 e. The van der Waals surface area contributed by atoms with Crippen molar-refractivity contribution in [1.29, 1.82) is 0 Å². The lowest BCUT2D eigenvalue weighted by molar-refractivity contribution is -0.130. The number of carbonyl (C=O) groups excluding carboxylic acids is 2. The van der Waals surface area contributed by atoms with Crippen LogP contribution in [0.25, 0.3) is 0 Å². The van der Waals surface area contributed by atoms with Gasteiger partial charge in [0.05, 0.1) is 0 Å². The first kappa shape index (κ1) is 13.2. The summed E-state index contributed by atoms with van der Waals surface area (Å²) in [6, 6.07) is 3.83. The SMILES string of the molecule is CN1C(=O)CCC12CCC(NC(=O)c1ccc[nH]1)CC2. The van der Waals surface area contributed by atoms with Gasteiger partial charge < -0.3 is 15.2 Å². The van der Waals surface area contributed by atoms with Crippen LogP contribution in [0.3, 0.4) is 0 Å². The molecule has 1 saturated heterocycles. The number of carbonyl (C=O) groups is 2. The number of aromatic amines is 1. The van der Waals surface area contributed by atoms with E-state index >= 15 is 0 Å². The maximum atomic E-state index is 12.0. The molecule has 1 saturated carbocycles. The number of likely N-dealkylation sites (tertiary alicyclic amines) is 1. The Balaban J connectivity index is 1.57. The molecule has 0 radical (unpaired) electrons. The number of hydrogen-bond acceptors (Lipinski definition) is 2. The van der Waals surface area contributed by atoms with Crippen LogP contribution in [0.1, 0.15) is 49.0 Å². The number of nitrogens with zero attached hydrogens (tertiary/aromatic N) is 1. The van der Waals surface area contributed by atoms with Crippen molar-refractivity contribution >= 4 is 11.8 Å². The number of H-pyrrole nitrogens is 1. The van der Waals surface area contributed by atoms with Gasteiger partial charge in [-0.15, -0.1) is 0 Å². The lowest BCUT2D eigenvalue weighted by Crippen LogP contribution is -2.49. The van der Waals surface area contributed by atoms with Gasteiger partial charge >= 0.3 is 0 Å². The standard InChI is InChI=1S/C15H21N3O2/c1-18-13(19)6-9-15(18)7-4-11(5-8-15)17-14(20)12-3-2-10-16-12/h2-3,10-11,16H,4-9H2,1H3,(H,17,20). The van der Waals surface area contributed by atoms with Crippen LogP contribution < -0.4 is 5.32 Å². The van der Waals surface area contributed by atoms with E-state index in [9.17, 15) is 9.59 Å². The zero-order valence-electron chi connectivity index (χ0n) is 11.8. The second kappa shape index (κ2) is 4.96. The summed E-state index contributed by atoms with van der Waals surface area (Å²) in [6.07, 6.45) is 7.28. The average Bonchev–Trinajstić information content (AvgIpc) is 3.07. The fourth-order valence-electron chi connectivity index (χ4n) is 3.56. The third-order valence-corrected chi connectivity index (χ3v) is 4.98. The van der Waals surface area contributed by atoms with E-state index in [1.807, 2.05) is 18.0 Å². The van der Waals surface area contributed by atoms with Crippen LogP contribution in [0.15, 0.2) is 18.3 Å². The molecule has 1 aliphatic carbocycles. The predicted octanol–water partition coefficient (Wildman–Crippen LogP) is 1.68. The molecule has 0 unspecified atom stereocenters. The Morgan fingerprint density at radius 1 is 1.40 bits per heavy atom. The molecular weight excluding hydrogens is 254 g/mol. The molecule has 2 fully saturated rings. The molecule has 1 aromatic heterocycles. The van der Waals surface area contributed by atoms with Gasteiger partial charge in [0.1, 0.15) is 5.69 Å². The Kier molecular flexibility index (Phi) is 3.28. The highest BCUT2D eigenvalue weighted by atomic mass is 16.2. The third-order valence-electron chi connectivity index (χ3n) is 4.98. The summed E-state index contributed by atoms with van der Waals surface area (Å²) in [4.78, 5) is 28.6. The van der Waals surface area contributed by atoms with Gasteiger partial charge in [-0.25, -0.2) is 0 Å². The van der Waals surface area contributed by atoms with Crippen molar-refractivity contribution in [1.82, 2.24) is 15.2 Å². The predicted molar refractivity (Wildman–Crippen MR) is 75.2 cm³/mol. The highest BCUT2D eigenvalue weighted by molar-refractivity contribution is 5.92. The summed E-state index contributed by atoms with van der Waals surface area (Å²) in [5, 5.41) is 3.08. The van der Waals surface area contributed by atoms with Gasteiger partial charge in [-0.1, -0.05) is 0 Å². The number of amides is 2. The van der Waals surface area contributed by atoms with E-state index < -0.39 is 0 Å². The lowest BCUT2D eigenvalue weighted by atomic mass is 9.78. The van der Waals surface area contributed by atoms with E-state index in [2.05, 4.69) is 10.3 Å². The minimum atomic E-state index is -0.0354. The molecule has 2 amide bonds. The Morgan fingerprint density at radius 2 is 2.15 bits per heavy atom. The van der Waals surface area contributed by atoms with Crippen molar-refractivity contribution in [2.24, 2.45) is 0 Å². The summed E-state index contributed by atoms with van der Waals surface area (Å²) < 4.78 is 0. The molecule has 3 rings (SSSR count). The molecule has 108 valence electrons. The van der Waals surface area contributed by atoms with E-state index in [4.69, 9.17) is 0 Å². The second-order valence-electron chi connectivity index (χ2n) is 6.01. The van der Waals surface area contributed by atoms with Crippen LogP contribution in [-0.2, 0) is 4.79 Å². The monoisotopic (exact) mass is 275 g/mol. The molecule has 0 atom stereocenters. The Bertz CT molecular complexity index is 501. The van der Waals surface area contributed by atoms with Crippen LogP contribution in [0, 0.1) is 0 Å². The fraction of sp³-hybridized carbons (Fsp3) is 0.600. The summed E-state index contributed by atoms with van der Waals surface area (Å²) in [5.74, 6) is 0.227. The van der Waals surface area contributed by atoms with E-state index in [1.54, 1.807) is 12.3 Å². The van der Waals surface area contributed by atoms with Crippen LogP contribution in [0.5, 0.6) is 0 Å². The maximum Gasteiger partial charge on any atom is 0.267 e. The minimum absolute atomic E-state index is 0.0354. The van der Waals surface area contributed by atoms with Gasteiger partial charge in [0.2, 0.25) is 5.91 Å². The quantitative estimate of drug-likeness (QED) is 0.862. The van der Waals surface area contributed by atoms with E-state index in [0.29, 0.717) is 12.1 Å². The molecule has 20 heavy (non-hydrogen) atoms. The molecule has 0 aromatic carbocycles. The van der Waals surface area contributed by atoms with E-state index in [0.717, 1.165) is 32.1 Å². The Labute approximate surface area is 118 Å². The van der Waals surface area contributed by atoms with Crippen LogP contribution >= 0.6 is 0 Å². The van der Waals surface area contributed by atoms with Gasteiger partial charge in [-0.2, -0.15) is 0 Å². The number of hydrogen-bond donors (Lipinski definition) is 2. The van der Waals surface area contributed by atoms with Gasteiger partial charge in [0, 0.05) is 31.2 Å². The van der Waals surface area contributed by atoms with Crippen molar-refractivity contribution in [3.05, 3.63) is 24.0 Å². The van der Waals surface area contributed by atoms with Crippen molar-refractivity contribution in [2.45, 2.75) is 50.1 Å². The molecule has 0 bridgehead atoms.